The van der Waals surface area contributed by atoms with Crippen molar-refractivity contribution in [3.8, 4) is 0 Å². The summed E-state index contributed by atoms with van der Waals surface area (Å²) in [5.41, 5.74) is 2.97. The molecule has 1 aromatic carbocycles. The number of fused-ring (bicyclic) bond motifs is 4. The molecule has 0 aliphatic carbocycles. The summed E-state index contributed by atoms with van der Waals surface area (Å²) < 4.78 is 71.0. The van der Waals surface area contributed by atoms with Crippen molar-refractivity contribution in [1.82, 2.24) is 23.9 Å². The number of piperidine rings is 1. The van der Waals surface area contributed by atoms with Gasteiger partial charge in [0.1, 0.15) is 10.7 Å². The zero-order chi connectivity index (χ0) is 32.3. The number of aryl methyl sites for hydroxylation is 2. The van der Waals surface area contributed by atoms with E-state index in [9.17, 15) is 31.5 Å². The number of halogens is 3. The Kier molecular flexibility index (Phi) is 7.84. The van der Waals surface area contributed by atoms with Crippen LogP contribution in [0.5, 0.6) is 0 Å². The van der Waals surface area contributed by atoms with Gasteiger partial charge in [-0.3, -0.25) is 9.20 Å². The summed E-state index contributed by atoms with van der Waals surface area (Å²) in [7, 11) is -3.92. The van der Waals surface area contributed by atoms with Gasteiger partial charge in [-0.05, 0) is 79.1 Å². The highest BCUT2D eigenvalue weighted by molar-refractivity contribution is 7.89. The normalized spacial score (nSPS) is 19.9. The number of carboxylic acids is 1. The minimum atomic E-state index is -4.72. The Morgan fingerprint density at radius 1 is 1.13 bits per heavy atom. The molecule has 1 fully saturated rings. The molecule has 4 aromatic rings. The van der Waals surface area contributed by atoms with Gasteiger partial charge < -0.3 is 10.0 Å². The number of rotatable bonds is 6. The van der Waals surface area contributed by atoms with Crippen molar-refractivity contribution < 1.29 is 31.5 Å². The molecular weight excluding hydrogens is 609 g/mol. The smallest absolute Gasteiger partial charge is 0.452 e. The average molecular weight is 643 g/mol. The standard InChI is InChI=1S/C31H33F3N6O4S/c1-18-9-10-21(26(20(3)29(41)42)24-11-14-40-27(19(24)2)36-37-30(40)31(32,33)34)15-22(18)16-38-17-23-7-4-5-13-39(23)28-25(45(38,43)44)8-6-12-35-28/h6,8-12,14-15,20,23,26H,4-5,7,13,16-17H2,1-3H3,(H,41,42). The van der Waals surface area contributed by atoms with Gasteiger partial charge in [-0.15, -0.1) is 10.2 Å². The highest BCUT2D eigenvalue weighted by Gasteiger charge is 2.40. The van der Waals surface area contributed by atoms with Gasteiger partial charge in [-0.1, -0.05) is 25.1 Å². The van der Waals surface area contributed by atoms with E-state index >= 15 is 0 Å². The molecule has 5 heterocycles. The van der Waals surface area contributed by atoms with Crippen molar-refractivity contribution in [2.45, 2.75) is 69.6 Å². The summed E-state index contributed by atoms with van der Waals surface area (Å²) in [5, 5.41) is 17.2. The van der Waals surface area contributed by atoms with Crippen LogP contribution >= 0.6 is 0 Å². The number of nitrogens with zero attached hydrogens (tertiary/aromatic N) is 6. The third-order valence-electron chi connectivity index (χ3n) is 9.11. The van der Waals surface area contributed by atoms with Crippen molar-refractivity contribution in [3.63, 3.8) is 0 Å². The van der Waals surface area contributed by atoms with E-state index < -0.39 is 39.8 Å². The van der Waals surface area contributed by atoms with E-state index in [0.29, 0.717) is 28.1 Å². The van der Waals surface area contributed by atoms with Crippen LogP contribution in [0.15, 0.2) is 53.7 Å². The molecule has 0 saturated carbocycles. The van der Waals surface area contributed by atoms with Crippen LogP contribution < -0.4 is 4.90 Å². The Balaban J connectivity index is 1.42. The van der Waals surface area contributed by atoms with E-state index in [-0.39, 0.29) is 29.7 Å². The first-order valence-corrected chi connectivity index (χ1v) is 16.2. The zero-order valence-electron chi connectivity index (χ0n) is 25.0. The SMILES string of the molecule is Cc1ccc(C(c2ccn3c(C(F)(F)F)nnc3c2C)C(C)C(=O)O)cc1CN1CC2CCCCN2c2ncccc2S1(=O)=O. The molecule has 0 amide bonds. The van der Waals surface area contributed by atoms with Crippen LogP contribution in [0.4, 0.5) is 19.0 Å². The summed E-state index contributed by atoms with van der Waals surface area (Å²) >= 11 is 0. The van der Waals surface area contributed by atoms with Crippen LogP contribution in [0.25, 0.3) is 5.65 Å². The minimum Gasteiger partial charge on any atom is -0.481 e. The van der Waals surface area contributed by atoms with Crippen LogP contribution in [0, 0.1) is 19.8 Å². The van der Waals surface area contributed by atoms with Crippen molar-refractivity contribution in [3.05, 3.63) is 82.4 Å². The largest absolute Gasteiger partial charge is 0.481 e. The van der Waals surface area contributed by atoms with Crippen molar-refractivity contribution in [2.24, 2.45) is 5.92 Å². The molecule has 3 aromatic heterocycles. The van der Waals surface area contributed by atoms with Gasteiger partial charge in [0, 0.05) is 44.0 Å². The number of anilines is 1. The van der Waals surface area contributed by atoms with E-state index in [1.54, 1.807) is 38.2 Å². The number of aromatic nitrogens is 4. The number of hydrogen-bond acceptors (Lipinski definition) is 7. The van der Waals surface area contributed by atoms with Crippen molar-refractivity contribution in [2.75, 3.05) is 18.0 Å². The molecule has 14 heteroatoms. The number of hydrogen-bond donors (Lipinski definition) is 1. The molecule has 0 radical (unpaired) electrons. The number of carbonyl (C=O) groups is 1. The molecule has 6 rings (SSSR count). The molecule has 2 aliphatic heterocycles. The summed E-state index contributed by atoms with van der Waals surface area (Å²) in [6, 6.07) is 10.1. The number of alkyl halides is 3. The molecule has 0 bridgehead atoms. The number of sulfonamides is 1. The molecule has 3 atom stereocenters. The second-order valence-corrected chi connectivity index (χ2v) is 13.8. The highest BCUT2D eigenvalue weighted by Crippen LogP contribution is 2.39. The summed E-state index contributed by atoms with van der Waals surface area (Å²) in [6.07, 6.45) is 0.874. The minimum absolute atomic E-state index is 0.0188. The molecule has 1 N–H and O–H groups in total. The van der Waals surface area contributed by atoms with E-state index in [1.165, 1.54) is 16.6 Å². The van der Waals surface area contributed by atoms with Gasteiger partial charge in [0.2, 0.25) is 15.8 Å². The lowest BCUT2D eigenvalue weighted by Gasteiger charge is -2.36. The van der Waals surface area contributed by atoms with Crippen LogP contribution in [0.3, 0.4) is 0 Å². The van der Waals surface area contributed by atoms with Crippen molar-refractivity contribution >= 4 is 27.5 Å². The Morgan fingerprint density at radius 3 is 2.64 bits per heavy atom. The Hall–Kier alpha value is -4.04. The van der Waals surface area contributed by atoms with Gasteiger partial charge in [0.05, 0.1) is 5.92 Å². The van der Waals surface area contributed by atoms with Gasteiger partial charge in [-0.25, -0.2) is 13.4 Å². The van der Waals surface area contributed by atoms with Crippen LogP contribution in [-0.4, -0.2) is 62.5 Å². The molecule has 45 heavy (non-hydrogen) atoms. The quantitative estimate of drug-likeness (QED) is 0.306. The molecule has 2 aliphatic rings. The predicted molar refractivity (Wildman–Crippen MR) is 159 cm³/mol. The van der Waals surface area contributed by atoms with E-state index in [4.69, 9.17) is 0 Å². The molecule has 0 spiro atoms. The fraction of sp³-hybridized carbons (Fsp3) is 0.419. The van der Waals surface area contributed by atoms with Crippen LogP contribution in [0.1, 0.15) is 65.7 Å². The third kappa shape index (κ3) is 5.43. The summed E-state index contributed by atoms with van der Waals surface area (Å²) in [5.74, 6) is -3.52. The first-order chi connectivity index (χ1) is 21.3. The fourth-order valence-electron chi connectivity index (χ4n) is 6.64. The molecular formula is C31H33F3N6O4S. The van der Waals surface area contributed by atoms with E-state index in [2.05, 4.69) is 20.1 Å². The van der Waals surface area contributed by atoms with Gasteiger partial charge in [0.15, 0.2) is 5.65 Å². The Bertz CT molecular complexity index is 1890. The lowest BCUT2D eigenvalue weighted by Crippen LogP contribution is -2.45. The zero-order valence-corrected chi connectivity index (χ0v) is 25.8. The van der Waals surface area contributed by atoms with Gasteiger partial charge >= 0.3 is 12.1 Å². The molecule has 10 nitrogen and oxygen atoms in total. The fourth-order valence-corrected chi connectivity index (χ4v) is 8.25. The second kappa shape index (κ2) is 11.4. The average Bonchev–Trinajstić information content (AvgIpc) is 3.42. The van der Waals surface area contributed by atoms with E-state index in [1.807, 2.05) is 19.1 Å². The summed E-state index contributed by atoms with van der Waals surface area (Å²) in [6.45, 7) is 6.08. The Morgan fingerprint density at radius 2 is 1.91 bits per heavy atom. The molecule has 238 valence electrons. The topological polar surface area (TPSA) is 121 Å². The number of benzene rings is 1. The molecule has 3 unspecified atom stereocenters. The predicted octanol–water partition coefficient (Wildman–Crippen LogP) is 5.18. The third-order valence-corrected chi connectivity index (χ3v) is 10.9. The van der Waals surface area contributed by atoms with Crippen LogP contribution in [0.2, 0.25) is 0 Å². The lowest BCUT2D eigenvalue weighted by molar-refractivity contribution is -0.145. The second-order valence-electron chi connectivity index (χ2n) is 11.9. The summed E-state index contributed by atoms with van der Waals surface area (Å²) in [4.78, 5) is 19.1. The van der Waals surface area contributed by atoms with Gasteiger partial charge in [-0.2, -0.15) is 17.5 Å². The monoisotopic (exact) mass is 642 g/mol. The van der Waals surface area contributed by atoms with Crippen LogP contribution in [-0.2, 0) is 27.5 Å². The number of carboxylic acid groups (broad SMARTS) is 1. The highest BCUT2D eigenvalue weighted by atomic mass is 32.2. The maximum atomic E-state index is 14.0. The Labute approximate surface area is 258 Å². The first-order valence-electron chi connectivity index (χ1n) is 14.7. The number of pyridine rings is 2. The van der Waals surface area contributed by atoms with Gasteiger partial charge in [0.25, 0.3) is 0 Å². The maximum absolute atomic E-state index is 14.0. The van der Waals surface area contributed by atoms with E-state index in [0.717, 1.165) is 35.8 Å². The molecule has 1 saturated heterocycles. The maximum Gasteiger partial charge on any atom is 0.452 e. The first kappa shape index (κ1) is 31.0. The lowest BCUT2D eigenvalue weighted by atomic mass is 9.79. The number of aliphatic carboxylic acids is 1. The van der Waals surface area contributed by atoms with Crippen molar-refractivity contribution in [1.29, 1.82) is 0 Å².